The molecule has 0 saturated heterocycles. The molecule has 0 heterocycles. The number of rotatable bonds is 3. The number of hydrogen-bond donors (Lipinski definition) is 2. The molecule has 1 rings (SSSR count). The first-order valence-electron chi connectivity index (χ1n) is 5.81. The van der Waals surface area contributed by atoms with Crippen molar-refractivity contribution in [2.45, 2.75) is 52.1 Å². The molecule has 88 valence electrons. The van der Waals surface area contributed by atoms with Crippen molar-refractivity contribution in [3.05, 3.63) is 0 Å². The minimum absolute atomic E-state index is 0.191. The zero-order valence-electron chi connectivity index (χ0n) is 9.86. The molecular weight excluding hydrogens is 192 g/mol. The van der Waals surface area contributed by atoms with E-state index in [2.05, 4.69) is 0 Å². The molecular formula is C12H22O3. The zero-order chi connectivity index (χ0) is 11.6. The molecule has 0 aliphatic heterocycles. The maximum Gasteiger partial charge on any atom is 0.306 e. The van der Waals surface area contributed by atoms with Crippen molar-refractivity contribution < 1.29 is 15.0 Å². The highest BCUT2D eigenvalue weighted by atomic mass is 16.4. The Morgan fingerprint density at radius 2 is 1.73 bits per heavy atom. The summed E-state index contributed by atoms with van der Waals surface area (Å²) < 4.78 is 0. The van der Waals surface area contributed by atoms with E-state index in [-0.39, 0.29) is 17.8 Å². The molecule has 0 amide bonds. The molecule has 1 aliphatic carbocycles. The van der Waals surface area contributed by atoms with Crippen LogP contribution >= 0.6 is 0 Å². The van der Waals surface area contributed by atoms with Crippen molar-refractivity contribution in [3.63, 3.8) is 0 Å². The van der Waals surface area contributed by atoms with E-state index in [1.54, 1.807) is 0 Å². The van der Waals surface area contributed by atoms with Gasteiger partial charge in [-0.15, -0.1) is 0 Å². The van der Waals surface area contributed by atoms with Crippen molar-refractivity contribution in [2.75, 3.05) is 0 Å². The molecule has 0 radical (unpaired) electrons. The summed E-state index contributed by atoms with van der Waals surface area (Å²) in [5.74, 6) is -0.390. The van der Waals surface area contributed by atoms with Crippen molar-refractivity contribution in [3.8, 4) is 0 Å². The topological polar surface area (TPSA) is 57.5 Å². The van der Waals surface area contributed by atoms with E-state index < -0.39 is 11.6 Å². The summed E-state index contributed by atoms with van der Waals surface area (Å²) in [5.41, 5.74) is -0.649. The first-order valence-corrected chi connectivity index (χ1v) is 5.81. The van der Waals surface area contributed by atoms with Crippen LogP contribution < -0.4 is 0 Å². The second-order valence-corrected chi connectivity index (χ2v) is 5.27. The minimum atomic E-state index is -0.683. The van der Waals surface area contributed by atoms with E-state index in [9.17, 15) is 9.90 Å². The van der Waals surface area contributed by atoms with Crippen LogP contribution in [0.25, 0.3) is 0 Å². The molecule has 1 aliphatic rings. The van der Waals surface area contributed by atoms with E-state index in [1.807, 2.05) is 20.8 Å². The highest BCUT2D eigenvalue weighted by Gasteiger charge is 2.38. The average Bonchev–Trinajstić information content (AvgIpc) is 2.17. The Bertz CT molecular complexity index is 225. The monoisotopic (exact) mass is 214 g/mol. The van der Waals surface area contributed by atoms with Gasteiger partial charge in [-0.3, -0.25) is 4.79 Å². The van der Waals surface area contributed by atoms with Crippen LogP contribution in [0.15, 0.2) is 0 Å². The molecule has 1 atom stereocenters. The molecule has 0 unspecified atom stereocenters. The molecule has 0 aromatic heterocycles. The smallest absolute Gasteiger partial charge is 0.306 e. The predicted molar refractivity (Wildman–Crippen MR) is 58.5 cm³/mol. The molecule has 15 heavy (non-hydrogen) atoms. The zero-order valence-corrected chi connectivity index (χ0v) is 9.86. The molecule has 0 aromatic rings. The molecule has 2 N–H and O–H groups in total. The molecule has 0 aromatic carbocycles. The Balaban J connectivity index is 2.54. The van der Waals surface area contributed by atoms with Gasteiger partial charge in [-0.05, 0) is 44.4 Å². The third-order valence-corrected chi connectivity index (χ3v) is 4.07. The van der Waals surface area contributed by atoms with Crippen molar-refractivity contribution in [1.29, 1.82) is 0 Å². The molecule has 3 heteroatoms. The van der Waals surface area contributed by atoms with Crippen molar-refractivity contribution >= 4 is 5.97 Å². The third kappa shape index (κ3) is 2.71. The van der Waals surface area contributed by atoms with Crippen LogP contribution in [0, 0.1) is 17.8 Å². The lowest BCUT2D eigenvalue weighted by atomic mass is 9.70. The summed E-state index contributed by atoms with van der Waals surface area (Å²) in [4.78, 5) is 10.8. The predicted octanol–water partition coefficient (Wildman–Crippen LogP) is 2.28. The Morgan fingerprint density at radius 1 is 1.27 bits per heavy atom. The number of aliphatic carboxylic acids is 1. The van der Waals surface area contributed by atoms with Gasteiger partial charge in [0.05, 0.1) is 11.5 Å². The van der Waals surface area contributed by atoms with Gasteiger partial charge in [0.15, 0.2) is 0 Å². The summed E-state index contributed by atoms with van der Waals surface area (Å²) in [6.45, 7) is 5.91. The molecule has 1 fully saturated rings. The maximum absolute atomic E-state index is 10.8. The van der Waals surface area contributed by atoms with Crippen LogP contribution in [0.5, 0.6) is 0 Å². The Labute approximate surface area is 91.5 Å². The van der Waals surface area contributed by atoms with Gasteiger partial charge in [-0.1, -0.05) is 13.8 Å². The molecule has 0 spiro atoms. The largest absolute Gasteiger partial charge is 0.481 e. The van der Waals surface area contributed by atoms with Crippen LogP contribution in [0.1, 0.15) is 46.5 Å². The number of hydrogen-bond acceptors (Lipinski definition) is 2. The fourth-order valence-corrected chi connectivity index (χ4v) is 2.40. The lowest BCUT2D eigenvalue weighted by Crippen LogP contribution is -2.42. The molecule has 0 bridgehead atoms. The van der Waals surface area contributed by atoms with Crippen molar-refractivity contribution in [2.24, 2.45) is 17.8 Å². The standard InChI is InChI=1S/C12H22O3/c1-8(2)12(3,15)10-6-4-9(5-7-10)11(13)14/h8-10,15H,4-7H2,1-3H3,(H,13,14)/t9-,10-,12-/m1/s1. The lowest BCUT2D eigenvalue weighted by Gasteiger charge is -2.40. The van der Waals surface area contributed by atoms with Gasteiger partial charge in [-0.25, -0.2) is 0 Å². The molecule has 3 nitrogen and oxygen atoms in total. The van der Waals surface area contributed by atoms with Crippen LogP contribution in [-0.4, -0.2) is 21.8 Å². The van der Waals surface area contributed by atoms with E-state index in [0.29, 0.717) is 12.8 Å². The SMILES string of the molecule is CC(C)[C@@](C)(O)[C@H]1CC[C@H](C(=O)O)CC1. The third-order valence-electron chi connectivity index (χ3n) is 4.07. The number of aliphatic hydroxyl groups is 1. The van der Waals surface area contributed by atoms with Gasteiger partial charge < -0.3 is 10.2 Å². The fourth-order valence-electron chi connectivity index (χ4n) is 2.40. The summed E-state index contributed by atoms with van der Waals surface area (Å²) >= 11 is 0. The maximum atomic E-state index is 10.8. The number of carbonyl (C=O) groups is 1. The number of carboxylic acids is 1. The highest BCUT2D eigenvalue weighted by molar-refractivity contribution is 5.70. The average molecular weight is 214 g/mol. The summed E-state index contributed by atoms with van der Waals surface area (Å²) in [6.07, 6.45) is 3.09. The van der Waals surface area contributed by atoms with E-state index >= 15 is 0 Å². The van der Waals surface area contributed by atoms with Gasteiger partial charge in [0.25, 0.3) is 0 Å². The highest BCUT2D eigenvalue weighted by Crippen LogP contribution is 2.38. The van der Waals surface area contributed by atoms with Gasteiger partial charge in [0.1, 0.15) is 0 Å². The van der Waals surface area contributed by atoms with Gasteiger partial charge in [0, 0.05) is 0 Å². The fraction of sp³-hybridized carbons (Fsp3) is 0.917. The van der Waals surface area contributed by atoms with E-state index in [0.717, 1.165) is 12.8 Å². The number of carboxylic acid groups (broad SMARTS) is 1. The Hall–Kier alpha value is -0.570. The summed E-state index contributed by atoms with van der Waals surface area (Å²) in [7, 11) is 0. The normalized spacial score (nSPS) is 31.3. The Kier molecular flexibility index (Phi) is 3.77. The van der Waals surface area contributed by atoms with E-state index in [4.69, 9.17) is 5.11 Å². The van der Waals surface area contributed by atoms with Gasteiger partial charge in [0.2, 0.25) is 0 Å². The van der Waals surface area contributed by atoms with Crippen LogP contribution in [-0.2, 0) is 4.79 Å². The van der Waals surface area contributed by atoms with Crippen LogP contribution in [0.3, 0.4) is 0 Å². The van der Waals surface area contributed by atoms with Crippen LogP contribution in [0.2, 0.25) is 0 Å². The molecule has 1 saturated carbocycles. The Morgan fingerprint density at radius 3 is 2.07 bits per heavy atom. The van der Waals surface area contributed by atoms with Gasteiger partial charge in [-0.2, -0.15) is 0 Å². The van der Waals surface area contributed by atoms with Crippen molar-refractivity contribution in [1.82, 2.24) is 0 Å². The van der Waals surface area contributed by atoms with E-state index in [1.165, 1.54) is 0 Å². The second kappa shape index (κ2) is 4.52. The van der Waals surface area contributed by atoms with Crippen LogP contribution in [0.4, 0.5) is 0 Å². The summed E-state index contributed by atoms with van der Waals surface area (Å²) in [6, 6.07) is 0. The lowest BCUT2D eigenvalue weighted by molar-refractivity contribution is -0.144. The first-order chi connectivity index (χ1) is 6.85. The first kappa shape index (κ1) is 12.5. The van der Waals surface area contributed by atoms with Gasteiger partial charge >= 0.3 is 5.97 Å². The second-order valence-electron chi connectivity index (χ2n) is 5.27. The summed E-state index contributed by atoms with van der Waals surface area (Å²) in [5, 5.41) is 19.2. The quantitative estimate of drug-likeness (QED) is 0.757. The minimum Gasteiger partial charge on any atom is -0.481 e.